The van der Waals surface area contributed by atoms with Gasteiger partial charge in [0.05, 0.1) is 15.9 Å². The number of nitrogens with zero attached hydrogens (tertiary/aromatic N) is 3. The molecule has 0 saturated carbocycles. The van der Waals surface area contributed by atoms with Crippen LogP contribution in [0.2, 0.25) is 0 Å². The second-order valence-electron chi connectivity index (χ2n) is 3.61. The number of aliphatic carboxylic acids is 1. The number of hydrogen-bond donors (Lipinski definition) is 4. The third-order valence-corrected chi connectivity index (χ3v) is 2.98. The zero-order chi connectivity index (χ0) is 17.1. The molecule has 0 spiro atoms. The molecule has 1 aromatic carbocycles. The van der Waals surface area contributed by atoms with E-state index in [0.717, 1.165) is 12.1 Å². The summed E-state index contributed by atoms with van der Waals surface area (Å²) in [6.45, 7) is 0. The van der Waals surface area contributed by atoms with Crippen LogP contribution in [0.25, 0.3) is 0 Å². The predicted molar refractivity (Wildman–Crippen MR) is 70.5 cm³/mol. The second-order valence-corrected chi connectivity index (χ2v) is 5.12. The van der Waals surface area contributed by atoms with Crippen molar-refractivity contribution in [2.24, 2.45) is 5.10 Å². The standard InChI is InChI=1S/C8H7N4O9P/c13-8(14)7(22(19,20)21)10-9-5-2-1-4(11(15)16)3-6(5)12(17)18/h1-3,9H,(H,13,14)(H2,19,20,21)/b10-7+. The summed E-state index contributed by atoms with van der Waals surface area (Å²) in [6, 6.07) is 2.29. The van der Waals surface area contributed by atoms with Crippen molar-refractivity contribution in [2.75, 3.05) is 5.43 Å². The molecule has 0 aromatic heterocycles. The van der Waals surface area contributed by atoms with Gasteiger partial charge in [-0.05, 0) is 6.07 Å². The fourth-order valence-electron chi connectivity index (χ4n) is 1.23. The van der Waals surface area contributed by atoms with E-state index in [2.05, 4.69) is 5.10 Å². The number of nitro groups is 2. The molecule has 13 nitrogen and oxygen atoms in total. The average Bonchev–Trinajstić information content (AvgIpc) is 2.36. The van der Waals surface area contributed by atoms with Gasteiger partial charge in [-0.15, -0.1) is 0 Å². The summed E-state index contributed by atoms with van der Waals surface area (Å²) in [5, 5.41) is 32.8. The van der Waals surface area contributed by atoms with Gasteiger partial charge in [0, 0.05) is 6.07 Å². The van der Waals surface area contributed by atoms with Crippen molar-refractivity contribution < 1.29 is 34.1 Å². The third-order valence-electron chi connectivity index (χ3n) is 2.14. The zero-order valence-corrected chi connectivity index (χ0v) is 11.2. The Morgan fingerprint density at radius 3 is 2.23 bits per heavy atom. The van der Waals surface area contributed by atoms with Crippen LogP contribution in [0.5, 0.6) is 0 Å². The van der Waals surface area contributed by atoms with Gasteiger partial charge in [-0.1, -0.05) is 0 Å². The Hall–Kier alpha value is -2.89. The number of rotatable bonds is 6. The first-order valence-corrected chi connectivity index (χ1v) is 6.71. The molecule has 0 atom stereocenters. The molecule has 1 aromatic rings. The molecule has 118 valence electrons. The average molecular weight is 334 g/mol. The van der Waals surface area contributed by atoms with E-state index in [4.69, 9.17) is 14.9 Å². The zero-order valence-electron chi connectivity index (χ0n) is 10.3. The quantitative estimate of drug-likeness (QED) is 0.245. The largest absolute Gasteiger partial charge is 0.476 e. The van der Waals surface area contributed by atoms with Crippen molar-refractivity contribution in [1.82, 2.24) is 0 Å². The topological polar surface area (TPSA) is 206 Å². The fourth-order valence-corrected chi connectivity index (χ4v) is 1.66. The molecule has 0 saturated heterocycles. The number of nitrogens with one attached hydrogen (secondary N) is 1. The Balaban J connectivity index is 3.28. The van der Waals surface area contributed by atoms with E-state index < -0.39 is 45.9 Å². The van der Waals surface area contributed by atoms with Crippen molar-refractivity contribution in [3.05, 3.63) is 38.4 Å². The highest BCUT2D eigenvalue weighted by Gasteiger charge is 2.31. The smallest absolute Gasteiger partial charge is 0.383 e. The monoisotopic (exact) mass is 334 g/mol. The van der Waals surface area contributed by atoms with Gasteiger partial charge in [-0.25, -0.2) is 4.79 Å². The van der Waals surface area contributed by atoms with Crippen molar-refractivity contribution in [3.63, 3.8) is 0 Å². The maximum Gasteiger partial charge on any atom is 0.383 e. The van der Waals surface area contributed by atoms with Gasteiger partial charge in [0.25, 0.3) is 11.1 Å². The molecule has 14 heteroatoms. The van der Waals surface area contributed by atoms with Crippen molar-refractivity contribution in [2.45, 2.75) is 0 Å². The lowest BCUT2D eigenvalue weighted by molar-refractivity contribution is -0.393. The van der Waals surface area contributed by atoms with Crippen molar-refractivity contribution >= 4 is 36.1 Å². The number of nitro benzene ring substituents is 2. The van der Waals surface area contributed by atoms with Gasteiger partial charge in [0.2, 0.25) is 0 Å². The Kier molecular flexibility index (Phi) is 4.88. The number of carboxylic acid groups (broad SMARTS) is 1. The summed E-state index contributed by atoms with van der Waals surface area (Å²) >= 11 is 0. The first kappa shape index (κ1) is 17.2. The molecule has 0 heterocycles. The lowest BCUT2D eigenvalue weighted by Crippen LogP contribution is -2.15. The molecule has 0 amide bonds. The number of hydrogen-bond acceptors (Lipinski definition) is 8. The number of hydrazone groups is 1. The molecule has 0 aliphatic heterocycles. The number of benzene rings is 1. The molecule has 0 bridgehead atoms. The van der Waals surface area contributed by atoms with Gasteiger partial charge in [0.15, 0.2) is 0 Å². The van der Waals surface area contributed by atoms with E-state index in [1.165, 1.54) is 0 Å². The van der Waals surface area contributed by atoms with Crippen LogP contribution in [0.4, 0.5) is 17.1 Å². The summed E-state index contributed by atoms with van der Waals surface area (Å²) in [5.41, 5.74) is -1.68. The van der Waals surface area contributed by atoms with Gasteiger partial charge >= 0.3 is 19.3 Å². The van der Waals surface area contributed by atoms with Crippen LogP contribution in [0.1, 0.15) is 0 Å². The molecule has 1 rings (SSSR count). The summed E-state index contributed by atoms with van der Waals surface area (Å²) in [6.07, 6.45) is 0. The van der Waals surface area contributed by atoms with Crippen molar-refractivity contribution in [1.29, 1.82) is 0 Å². The maximum absolute atomic E-state index is 10.9. The van der Waals surface area contributed by atoms with Crippen LogP contribution in [0.3, 0.4) is 0 Å². The minimum Gasteiger partial charge on any atom is -0.476 e. The highest BCUT2D eigenvalue weighted by molar-refractivity contribution is 7.73. The molecule has 0 aliphatic carbocycles. The minimum absolute atomic E-state index is 0.484. The molecule has 22 heavy (non-hydrogen) atoms. The SMILES string of the molecule is O=C(O)/C(=N\Nc1ccc([N+](=O)[O-])cc1[N+](=O)[O-])P(=O)(O)O. The Morgan fingerprint density at radius 2 is 1.82 bits per heavy atom. The normalized spacial score (nSPS) is 11.8. The van der Waals surface area contributed by atoms with E-state index in [1.54, 1.807) is 5.43 Å². The fraction of sp³-hybridized carbons (Fsp3) is 0. The van der Waals surface area contributed by atoms with Gasteiger partial charge in [0.1, 0.15) is 5.69 Å². The first-order chi connectivity index (χ1) is 10.0. The summed E-state index contributed by atoms with van der Waals surface area (Å²) in [5.74, 6) is -2.04. The minimum atomic E-state index is -5.22. The Labute approximate surface area is 120 Å². The third kappa shape index (κ3) is 4.05. The van der Waals surface area contributed by atoms with E-state index in [-0.39, 0.29) is 0 Å². The highest BCUT2D eigenvalue weighted by atomic mass is 31.2. The van der Waals surface area contributed by atoms with Gasteiger partial charge in [-0.3, -0.25) is 30.2 Å². The van der Waals surface area contributed by atoms with Crippen molar-refractivity contribution in [3.8, 4) is 0 Å². The van der Waals surface area contributed by atoms with E-state index in [1.807, 2.05) is 0 Å². The van der Waals surface area contributed by atoms with Gasteiger partial charge in [-0.2, -0.15) is 5.10 Å². The Morgan fingerprint density at radius 1 is 1.23 bits per heavy atom. The molecular formula is C8H7N4O9P. The van der Waals surface area contributed by atoms with Crippen LogP contribution in [-0.4, -0.2) is 36.2 Å². The first-order valence-electron chi connectivity index (χ1n) is 5.10. The van der Waals surface area contributed by atoms with E-state index >= 15 is 0 Å². The van der Waals surface area contributed by atoms with E-state index in [0.29, 0.717) is 6.07 Å². The van der Waals surface area contributed by atoms with Crippen LogP contribution in [0.15, 0.2) is 23.3 Å². The molecule has 0 radical (unpaired) electrons. The number of carboxylic acids is 1. The number of carbonyl (C=O) groups is 1. The molecule has 0 unspecified atom stereocenters. The number of non-ortho nitro benzene ring substituents is 1. The summed E-state index contributed by atoms with van der Waals surface area (Å²) in [4.78, 5) is 47.6. The molecule has 0 aliphatic rings. The van der Waals surface area contributed by atoms with Crippen LogP contribution >= 0.6 is 7.60 Å². The number of anilines is 1. The maximum atomic E-state index is 10.9. The van der Waals surface area contributed by atoms with E-state index in [9.17, 15) is 29.6 Å². The summed E-state index contributed by atoms with van der Waals surface area (Å²) < 4.78 is 10.9. The second kappa shape index (κ2) is 6.26. The lowest BCUT2D eigenvalue weighted by atomic mass is 10.2. The summed E-state index contributed by atoms with van der Waals surface area (Å²) in [7, 11) is -5.22. The van der Waals surface area contributed by atoms with Crippen LogP contribution < -0.4 is 5.43 Å². The van der Waals surface area contributed by atoms with Crippen LogP contribution in [-0.2, 0) is 9.36 Å². The molecule has 0 fully saturated rings. The Bertz CT molecular complexity index is 724. The molecular weight excluding hydrogens is 327 g/mol. The van der Waals surface area contributed by atoms with Gasteiger partial charge < -0.3 is 14.9 Å². The van der Waals surface area contributed by atoms with Crippen LogP contribution in [0, 0.1) is 20.2 Å². The highest BCUT2D eigenvalue weighted by Crippen LogP contribution is 2.37. The molecule has 4 N–H and O–H groups in total. The lowest BCUT2D eigenvalue weighted by Gasteiger charge is -2.05. The predicted octanol–water partition coefficient (Wildman–Crippen LogP) is 0.491.